The number of nitrogens with one attached hydrogen (secondary N) is 3. The highest BCUT2D eigenvalue weighted by Crippen LogP contribution is 2.40. The quantitative estimate of drug-likeness (QED) is 0.131. The first-order chi connectivity index (χ1) is 19.8. The Balaban J connectivity index is 1.60. The van der Waals surface area contributed by atoms with E-state index in [0.717, 1.165) is 18.0 Å². The number of nitrogens with zero attached hydrogens (tertiary/aromatic N) is 6. The van der Waals surface area contributed by atoms with Crippen molar-refractivity contribution >= 4 is 46.1 Å². The Morgan fingerprint density at radius 3 is 2.78 bits per heavy atom. The molecule has 1 aromatic carbocycles. The number of halogens is 2. The summed E-state index contributed by atoms with van der Waals surface area (Å²) >= 11 is 6.21. The molecule has 15 heteroatoms. The summed E-state index contributed by atoms with van der Waals surface area (Å²) < 4.78 is 26.4. The van der Waals surface area contributed by atoms with Gasteiger partial charge in [0.2, 0.25) is 17.7 Å². The zero-order valence-corrected chi connectivity index (χ0v) is 22.7. The van der Waals surface area contributed by atoms with Crippen LogP contribution in [0.15, 0.2) is 37.1 Å². The van der Waals surface area contributed by atoms with E-state index in [1.54, 1.807) is 24.1 Å². The van der Waals surface area contributed by atoms with Gasteiger partial charge in [0.1, 0.15) is 22.2 Å². The first-order valence-electron chi connectivity index (χ1n) is 12.5. The predicted octanol–water partition coefficient (Wildman–Crippen LogP) is 3.26. The average molecular weight is 581 g/mol. The maximum atomic E-state index is 14.5. The number of hydrogen-bond donors (Lipinski definition) is 4. The Morgan fingerprint density at radius 1 is 1.29 bits per heavy atom. The Bertz CT molecular complexity index is 1640. The highest BCUT2D eigenvalue weighted by Gasteiger charge is 2.26. The minimum Gasteiger partial charge on any atom is -0.434 e. The van der Waals surface area contributed by atoms with Crippen LogP contribution < -0.4 is 25.4 Å². The van der Waals surface area contributed by atoms with E-state index in [4.69, 9.17) is 32.2 Å². The van der Waals surface area contributed by atoms with Gasteiger partial charge in [0.25, 0.3) is 0 Å². The number of pyridine rings is 1. The molecule has 1 saturated heterocycles. The molecule has 4 heterocycles. The van der Waals surface area contributed by atoms with Crippen molar-refractivity contribution in [3.8, 4) is 23.5 Å². The van der Waals surface area contributed by atoms with Gasteiger partial charge in [-0.2, -0.15) is 9.97 Å². The summed E-state index contributed by atoms with van der Waals surface area (Å²) in [5.74, 6) is -0.435. The van der Waals surface area contributed by atoms with Crippen molar-refractivity contribution in [2.75, 3.05) is 43.9 Å². The molecule has 0 bridgehead atoms. The van der Waals surface area contributed by atoms with Gasteiger partial charge in [0.15, 0.2) is 5.75 Å². The lowest BCUT2D eigenvalue weighted by Gasteiger charge is -2.35. The van der Waals surface area contributed by atoms with Gasteiger partial charge in [0.05, 0.1) is 16.6 Å². The Hall–Kier alpha value is -4.82. The number of fused-ring (bicyclic) bond motifs is 1. The first-order valence-corrected chi connectivity index (χ1v) is 12.9. The van der Waals surface area contributed by atoms with Gasteiger partial charge in [-0.05, 0) is 25.3 Å². The second-order valence-corrected chi connectivity index (χ2v) is 9.35. The molecule has 0 atom stereocenters. The van der Waals surface area contributed by atoms with Gasteiger partial charge in [-0.3, -0.25) is 9.89 Å². The molecule has 0 aliphatic carbocycles. The van der Waals surface area contributed by atoms with Crippen LogP contribution in [-0.4, -0.2) is 75.4 Å². The van der Waals surface area contributed by atoms with Crippen LogP contribution in [0.3, 0.4) is 0 Å². The van der Waals surface area contributed by atoms with E-state index in [-0.39, 0.29) is 51.2 Å². The fourth-order valence-corrected chi connectivity index (χ4v) is 4.57. The molecule has 5 N–H and O–H groups in total. The van der Waals surface area contributed by atoms with Crippen LogP contribution in [0.2, 0.25) is 5.02 Å². The lowest BCUT2D eigenvalue weighted by atomic mass is 10.1. The zero-order valence-electron chi connectivity index (χ0n) is 21.9. The average Bonchev–Trinajstić information content (AvgIpc) is 3.42. The fourth-order valence-electron chi connectivity index (χ4n) is 4.37. The number of ether oxygens (including phenoxy) is 2. The zero-order chi connectivity index (χ0) is 29.1. The number of amides is 1. The van der Waals surface area contributed by atoms with Crippen molar-refractivity contribution in [2.24, 2.45) is 0 Å². The van der Waals surface area contributed by atoms with Gasteiger partial charge in [0, 0.05) is 56.9 Å². The standard InChI is InChI=1S/C26H26ClFN10O3/c1-3-20(39)37-6-8-38(9-7-37)24-15-4-5-32-25(41-23-16(12-29)18(30)11-17(28)21(23)27)22(15)33-26(34-24)40-19-10-14(13-31-2)35-36-19/h3-5,10-12,29,31H,1,6-9,13,30H2,2H3,(H,35,36). The van der Waals surface area contributed by atoms with Gasteiger partial charge < -0.3 is 35.7 Å². The van der Waals surface area contributed by atoms with E-state index in [9.17, 15) is 9.18 Å². The Morgan fingerprint density at radius 2 is 2.07 bits per heavy atom. The molecular weight excluding hydrogens is 555 g/mol. The SMILES string of the molecule is C=CC(=O)N1CCN(c2nc(Oc3cc(CNC)[nH]n3)nc3c(Oc4c(Cl)c(F)cc(N)c4C=N)nccc23)CC1. The van der Waals surface area contributed by atoms with Crippen molar-refractivity contribution in [3.05, 3.63) is 59.1 Å². The molecule has 0 spiro atoms. The lowest BCUT2D eigenvalue weighted by Crippen LogP contribution is -2.48. The number of H-pyrrole nitrogens is 1. The second-order valence-electron chi connectivity index (χ2n) is 8.97. The summed E-state index contributed by atoms with van der Waals surface area (Å²) in [5, 5.41) is 18.0. The number of aromatic amines is 1. The van der Waals surface area contributed by atoms with Crippen LogP contribution in [0, 0.1) is 11.2 Å². The third-order valence-corrected chi connectivity index (χ3v) is 6.72. The van der Waals surface area contributed by atoms with Crippen LogP contribution in [0.25, 0.3) is 10.9 Å². The topological polar surface area (TPSA) is 171 Å². The molecule has 41 heavy (non-hydrogen) atoms. The smallest absolute Gasteiger partial charge is 0.326 e. The number of benzene rings is 1. The molecule has 212 valence electrons. The number of nitrogens with two attached hydrogens (primary N) is 1. The van der Waals surface area contributed by atoms with Crippen molar-refractivity contribution in [2.45, 2.75) is 6.54 Å². The molecular formula is C26H26ClFN10O3. The molecule has 1 aliphatic rings. The minimum absolute atomic E-state index is 0.0284. The van der Waals surface area contributed by atoms with Gasteiger partial charge in [-0.1, -0.05) is 18.2 Å². The molecule has 4 aromatic rings. The summed E-state index contributed by atoms with van der Waals surface area (Å²) in [5.41, 5.74) is 6.99. The molecule has 1 fully saturated rings. The molecule has 13 nitrogen and oxygen atoms in total. The Kier molecular flexibility index (Phi) is 7.94. The van der Waals surface area contributed by atoms with Crippen molar-refractivity contribution in [1.29, 1.82) is 5.41 Å². The number of aromatic nitrogens is 5. The number of hydrogen-bond acceptors (Lipinski definition) is 11. The number of carbonyl (C=O) groups is 1. The largest absolute Gasteiger partial charge is 0.434 e. The van der Waals surface area contributed by atoms with Crippen molar-refractivity contribution in [3.63, 3.8) is 0 Å². The molecule has 5 rings (SSSR count). The Labute approximate surface area is 238 Å². The number of piperazine rings is 1. The van der Waals surface area contributed by atoms with Crippen molar-refractivity contribution < 1.29 is 18.7 Å². The lowest BCUT2D eigenvalue weighted by molar-refractivity contribution is -0.126. The third-order valence-electron chi connectivity index (χ3n) is 6.37. The van der Waals surface area contributed by atoms with Gasteiger partial charge in [-0.15, -0.1) is 5.10 Å². The van der Waals surface area contributed by atoms with E-state index >= 15 is 0 Å². The third kappa shape index (κ3) is 5.60. The monoisotopic (exact) mass is 580 g/mol. The van der Waals surface area contributed by atoms with Gasteiger partial charge >= 0.3 is 6.01 Å². The van der Waals surface area contributed by atoms with Gasteiger partial charge in [-0.25, -0.2) is 9.37 Å². The summed E-state index contributed by atoms with van der Waals surface area (Å²) in [6.45, 7) is 5.96. The van der Waals surface area contributed by atoms with E-state index in [1.807, 2.05) is 4.90 Å². The molecule has 0 saturated carbocycles. The summed E-state index contributed by atoms with van der Waals surface area (Å²) in [4.78, 5) is 29.3. The number of carbonyl (C=O) groups excluding carboxylic acids is 1. The summed E-state index contributed by atoms with van der Waals surface area (Å²) in [6.07, 6.45) is 3.69. The number of anilines is 2. The molecule has 1 amide bonds. The van der Waals surface area contributed by atoms with Crippen LogP contribution in [0.4, 0.5) is 15.9 Å². The van der Waals surface area contributed by atoms with E-state index in [2.05, 4.69) is 37.0 Å². The maximum absolute atomic E-state index is 14.5. The molecule has 0 unspecified atom stereocenters. The summed E-state index contributed by atoms with van der Waals surface area (Å²) in [7, 11) is 1.80. The highest BCUT2D eigenvalue weighted by molar-refractivity contribution is 6.33. The molecule has 1 aliphatic heterocycles. The predicted molar refractivity (Wildman–Crippen MR) is 152 cm³/mol. The summed E-state index contributed by atoms with van der Waals surface area (Å²) in [6, 6.07) is 4.38. The van der Waals surface area contributed by atoms with E-state index < -0.39 is 5.82 Å². The van der Waals surface area contributed by atoms with Crippen molar-refractivity contribution in [1.82, 2.24) is 35.4 Å². The van der Waals surface area contributed by atoms with E-state index in [0.29, 0.717) is 43.9 Å². The molecule has 0 radical (unpaired) electrons. The fraction of sp³-hybridized carbons (Fsp3) is 0.231. The van der Waals surface area contributed by atoms with Crippen LogP contribution >= 0.6 is 11.6 Å². The highest BCUT2D eigenvalue weighted by atomic mass is 35.5. The first kappa shape index (κ1) is 27.7. The van der Waals surface area contributed by atoms with Crippen LogP contribution in [0.5, 0.6) is 23.5 Å². The second kappa shape index (κ2) is 11.7. The van der Waals surface area contributed by atoms with Crippen LogP contribution in [-0.2, 0) is 11.3 Å². The number of rotatable bonds is 9. The van der Waals surface area contributed by atoms with E-state index in [1.165, 1.54) is 12.3 Å². The molecule has 3 aromatic heterocycles. The number of nitrogen functional groups attached to an aromatic ring is 1. The normalized spacial score (nSPS) is 13.3. The minimum atomic E-state index is -0.813. The maximum Gasteiger partial charge on any atom is 0.326 e. The van der Waals surface area contributed by atoms with Crippen LogP contribution in [0.1, 0.15) is 11.3 Å².